The van der Waals surface area contributed by atoms with E-state index in [1.54, 1.807) is 0 Å². The predicted octanol–water partition coefficient (Wildman–Crippen LogP) is 0.884. The SMILES string of the molecule is C#CC(CCC)NC(CN)C1CCCO1. The molecular formula is C12H22N2O. The molecule has 1 aliphatic rings. The largest absolute Gasteiger partial charge is 0.377 e. The van der Waals surface area contributed by atoms with Crippen LogP contribution in [-0.4, -0.2) is 31.3 Å². The van der Waals surface area contributed by atoms with Crippen LogP contribution in [0.1, 0.15) is 32.6 Å². The lowest BCUT2D eigenvalue weighted by atomic mass is 10.1. The van der Waals surface area contributed by atoms with E-state index in [9.17, 15) is 0 Å². The van der Waals surface area contributed by atoms with Gasteiger partial charge in [-0.3, -0.25) is 5.32 Å². The van der Waals surface area contributed by atoms with Gasteiger partial charge in [0.05, 0.1) is 12.1 Å². The maximum atomic E-state index is 5.74. The zero-order valence-electron chi connectivity index (χ0n) is 9.54. The Labute approximate surface area is 92.8 Å². The van der Waals surface area contributed by atoms with Crippen LogP contribution in [0.3, 0.4) is 0 Å². The molecule has 3 unspecified atom stereocenters. The van der Waals surface area contributed by atoms with Gasteiger partial charge in [0.25, 0.3) is 0 Å². The van der Waals surface area contributed by atoms with Crippen molar-refractivity contribution >= 4 is 0 Å². The standard InChI is InChI=1S/C12H22N2O/c1-3-6-10(4-2)14-11(9-13)12-7-5-8-15-12/h2,10-12,14H,3,5-9,13H2,1H3. The molecule has 0 aromatic carbocycles. The highest BCUT2D eigenvalue weighted by atomic mass is 16.5. The van der Waals surface area contributed by atoms with Gasteiger partial charge in [-0.2, -0.15) is 0 Å². The summed E-state index contributed by atoms with van der Waals surface area (Å²) in [6.07, 6.45) is 10.0. The molecule has 1 heterocycles. The Bertz CT molecular complexity index is 206. The lowest BCUT2D eigenvalue weighted by Crippen LogP contribution is -2.49. The first-order valence-corrected chi connectivity index (χ1v) is 5.85. The molecule has 86 valence electrons. The van der Waals surface area contributed by atoms with Crippen LogP contribution in [0.5, 0.6) is 0 Å². The van der Waals surface area contributed by atoms with E-state index in [2.05, 4.69) is 18.2 Å². The number of hydrogen-bond acceptors (Lipinski definition) is 3. The summed E-state index contributed by atoms with van der Waals surface area (Å²) in [4.78, 5) is 0. The second kappa shape index (κ2) is 6.84. The Kier molecular flexibility index (Phi) is 5.70. The van der Waals surface area contributed by atoms with Crippen molar-refractivity contribution < 1.29 is 4.74 Å². The van der Waals surface area contributed by atoms with Crippen LogP contribution in [-0.2, 0) is 4.74 Å². The maximum Gasteiger partial charge on any atom is 0.0741 e. The molecule has 1 aliphatic heterocycles. The summed E-state index contributed by atoms with van der Waals surface area (Å²) in [5.74, 6) is 2.77. The number of nitrogens with one attached hydrogen (secondary N) is 1. The minimum absolute atomic E-state index is 0.132. The number of hydrogen-bond donors (Lipinski definition) is 2. The van der Waals surface area contributed by atoms with Gasteiger partial charge in [-0.15, -0.1) is 6.42 Å². The maximum absolute atomic E-state index is 5.74. The van der Waals surface area contributed by atoms with Crippen LogP contribution < -0.4 is 11.1 Å². The van der Waals surface area contributed by atoms with Gasteiger partial charge in [0.2, 0.25) is 0 Å². The molecule has 0 spiro atoms. The molecule has 1 fully saturated rings. The van der Waals surface area contributed by atoms with E-state index in [0.717, 1.165) is 32.3 Å². The third-order valence-electron chi connectivity index (χ3n) is 2.86. The third-order valence-corrected chi connectivity index (χ3v) is 2.86. The van der Waals surface area contributed by atoms with Crippen LogP contribution >= 0.6 is 0 Å². The van der Waals surface area contributed by atoms with Crippen molar-refractivity contribution in [2.75, 3.05) is 13.2 Å². The molecule has 3 N–H and O–H groups in total. The zero-order valence-corrected chi connectivity index (χ0v) is 9.54. The van der Waals surface area contributed by atoms with E-state index in [4.69, 9.17) is 16.9 Å². The molecule has 0 bridgehead atoms. The first-order valence-electron chi connectivity index (χ1n) is 5.85. The molecule has 3 atom stereocenters. The summed E-state index contributed by atoms with van der Waals surface area (Å²) >= 11 is 0. The molecule has 3 heteroatoms. The first-order chi connectivity index (χ1) is 7.31. The van der Waals surface area contributed by atoms with Gasteiger partial charge in [-0.25, -0.2) is 0 Å². The van der Waals surface area contributed by atoms with Crippen molar-refractivity contribution in [3.8, 4) is 12.3 Å². The second-order valence-electron chi connectivity index (χ2n) is 4.07. The minimum atomic E-state index is 0.132. The predicted molar refractivity (Wildman–Crippen MR) is 62.5 cm³/mol. The Morgan fingerprint density at radius 2 is 2.47 bits per heavy atom. The smallest absolute Gasteiger partial charge is 0.0741 e. The summed E-state index contributed by atoms with van der Waals surface area (Å²) in [6, 6.07) is 0.341. The topological polar surface area (TPSA) is 47.3 Å². The minimum Gasteiger partial charge on any atom is -0.377 e. The van der Waals surface area contributed by atoms with Crippen LogP contribution in [0.4, 0.5) is 0 Å². The van der Waals surface area contributed by atoms with Crippen LogP contribution in [0.15, 0.2) is 0 Å². The Hall–Kier alpha value is -0.560. The number of rotatable bonds is 6. The van der Waals surface area contributed by atoms with E-state index >= 15 is 0 Å². The average molecular weight is 210 g/mol. The summed E-state index contributed by atoms with van der Waals surface area (Å²) in [5.41, 5.74) is 5.74. The Morgan fingerprint density at radius 1 is 1.67 bits per heavy atom. The summed E-state index contributed by atoms with van der Waals surface area (Å²) in [5, 5.41) is 3.41. The van der Waals surface area contributed by atoms with Gasteiger partial charge < -0.3 is 10.5 Å². The molecule has 0 aromatic heterocycles. The fraction of sp³-hybridized carbons (Fsp3) is 0.833. The van der Waals surface area contributed by atoms with Crippen LogP contribution in [0, 0.1) is 12.3 Å². The fourth-order valence-corrected chi connectivity index (χ4v) is 2.01. The molecule has 1 rings (SSSR count). The number of ether oxygens (including phenoxy) is 1. The van der Waals surface area contributed by atoms with Gasteiger partial charge in [-0.05, 0) is 19.3 Å². The van der Waals surface area contributed by atoms with Crippen molar-refractivity contribution in [2.45, 2.75) is 50.8 Å². The highest BCUT2D eigenvalue weighted by Crippen LogP contribution is 2.15. The van der Waals surface area contributed by atoms with Gasteiger partial charge in [0.1, 0.15) is 0 Å². The number of terminal acetylenes is 1. The second-order valence-corrected chi connectivity index (χ2v) is 4.07. The van der Waals surface area contributed by atoms with E-state index in [1.807, 2.05) is 0 Å². The fourth-order valence-electron chi connectivity index (χ4n) is 2.01. The van der Waals surface area contributed by atoms with Crippen molar-refractivity contribution in [3.63, 3.8) is 0 Å². The van der Waals surface area contributed by atoms with Gasteiger partial charge in [0.15, 0.2) is 0 Å². The third kappa shape index (κ3) is 3.83. The van der Waals surface area contributed by atoms with E-state index < -0.39 is 0 Å². The van der Waals surface area contributed by atoms with Gasteiger partial charge >= 0.3 is 0 Å². The molecule has 1 saturated heterocycles. The van der Waals surface area contributed by atoms with Gasteiger partial charge in [0, 0.05) is 19.2 Å². The van der Waals surface area contributed by atoms with E-state index in [1.165, 1.54) is 0 Å². The summed E-state index contributed by atoms with van der Waals surface area (Å²) in [7, 11) is 0. The Balaban J connectivity index is 2.40. The lowest BCUT2D eigenvalue weighted by molar-refractivity contribution is 0.0784. The summed E-state index contributed by atoms with van der Waals surface area (Å²) < 4.78 is 5.62. The monoisotopic (exact) mass is 210 g/mol. The quantitative estimate of drug-likeness (QED) is 0.640. The summed E-state index contributed by atoms with van der Waals surface area (Å²) in [6.45, 7) is 3.58. The molecule has 0 aliphatic carbocycles. The van der Waals surface area contributed by atoms with E-state index in [-0.39, 0.29) is 18.2 Å². The van der Waals surface area contributed by atoms with Crippen molar-refractivity contribution in [1.29, 1.82) is 0 Å². The van der Waals surface area contributed by atoms with Gasteiger partial charge in [-0.1, -0.05) is 19.3 Å². The molecule has 0 radical (unpaired) electrons. The molecule has 15 heavy (non-hydrogen) atoms. The zero-order chi connectivity index (χ0) is 11.1. The van der Waals surface area contributed by atoms with Crippen molar-refractivity contribution in [2.24, 2.45) is 5.73 Å². The van der Waals surface area contributed by atoms with Crippen molar-refractivity contribution in [1.82, 2.24) is 5.32 Å². The van der Waals surface area contributed by atoms with Crippen LogP contribution in [0.2, 0.25) is 0 Å². The molecule has 3 nitrogen and oxygen atoms in total. The first kappa shape index (κ1) is 12.5. The lowest BCUT2D eigenvalue weighted by Gasteiger charge is -2.25. The normalized spacial score (nSPS) is 24.7. The Morgan fingerprint density at radius 3 is 2.93 bits per heavy atom. The van der Waals surface area contributed by atoms with Crippen LogP contribution in [0.25, 0.3) is 0 Å². The number of nitrogens with two attached hydrogens (primary N) is 1. The average Bonchev–Trinajstić information content (AvgIpc) is 2.77. The molecular weight excluding hydrogens is 188 g/mol. The van der Waals surface area contributed by atoms with Crippen molar-refractivity contribution in [3.05, 3.63) is 0 Å². The van der Waals surface area contributed by atoms with E-state index in [0.29, 0.717) is 6.54 Å². The molecule has 0 saturated carbocycles. The molecule has 0 aromatic rings. The highest BCUT2D eigenvalue weighted by molar-refractivity contribution is 5.01. The highest BCUT2D eigenvalue weighted by Gasteiger charge is 2.25. The molecule has 0 amide bonds.